The Morgan fingerprint density at radius 1 is 1.14 bits per heavy atom. The Hall–Kier alpha value is -1.79. The fourth-order valence-electron chi connectivity index (χ4n) is 1.77. The summed E-state index contributed by atoms with van der Waals surface area (Å²) in [6.07, 6.45) is -0.624. The topological polar surface area (TPSA) is 87.2 Å². The zero-order valence-corrected chi connectivity index (χ0v) is 13.8. The first-order valence-corrected chi connectivity index (χ1v) is 6.79. The number of hydrogen-bond acceptors (Lipinski definition) is 4. The highest BCUT2D eigenvalue weighted by Crippen LogP contribution is 2.12. The van der Waals surface area contributed by atoms with E-state index in [4.69, 9.17) is 9.84 Å². The molecule has 7 heteroatoms. The minimum absolute atomic E-state index is 0.233. The molecule has 0 heterocycles. The van der Waals surface area contributed by atoms with Crippen molar-refractivity contribution in [2.24, 2.45) is 5.92 Å². The van der Waals surface area contributed by atoms with Crippen LogP contribution in [0.2, 0.25) is 0 Å². The Morgan fingerprint density at radius 3 is 1.95 bits per heavy atom. The van der Waals surface area contributed by atoms with Crippen molar-refractivity contribution in [3.63, 3.8) is 0 Å². The summed E-state index contributed by atoms with van der Waals surface area (Å²) in [6.45, 7) is 8.39. The Labute approximate surface area is 125 Å². The van der Waals surface area contributed by atoms with Crippen LogP contribution in [0.3, 0.4) is 0 Å². The van der Waals surface area contributed by atoms with E-state index in [9.17, 15) is 14.4 Å². The molecule has 0 aromatic carbocycles. The van der Waals surface area contributed by atoms with E-state index >= 15 is 0 Å². The fraction of sp³-hybridized carbons (Fsp3) is 0.786. The van der Waals surface area contributed by atoms with Crippen molar-refractivity contribution in [2.45, 2.75) is 46.3 Å². The van der Waals surface area contributed by atoms with Gasteiger partial charge in [-0.2, -0.15) is 0 Å². The molecule has 2 amide bonds. The summed E-state index contributed by atoms with van der Waals surface area (Å²) in [6, 6.07) is -0.926. The van der Waals surface area contributed by atoms with Gasteiger partial charge in [-0.05, 0) is 26.7 Å². The van der Waals surface area contributed by atoms with Gasteiger partial charge in [-0.3, -0.25) is 4.79 Å². The molecule has 0 aromatic rings. The molecule has 0 rings (SSSR count). The Bertz CT molecular complexity index is 401. The van der Waals surface area contributed by atoms with Crippen molar-refractivity contribution >= 4 is 18.0 Å². The summed E-state index contributed by atoms with van der Waals surface area (Å²) in [5, 5.41) is 9.16. The molecule has 0 aliphatic heterocycles. The van der Waals surface area contributed by atoms with Crippen LogP contribution in [0.4, 0.5) is 4.79 Å². The number of carbonyl (C=O) groups is 3. The highest BCUT2D eigenvalue weighted by molar-refractivity contribution is 5.86. The molecule has 1 N–H and O–H groups in total. The monoisotopic (exact) mass is 302 g/mol. The van der Waals surface area contributed by atoms with Crippen molar-refractivity contribution in [2.75, 3.05) is 20.6 Å². The van der Waals surface area contributed by atoms with Crippen LogP contribution in [0, 0.1) is 5.92 Å². The number of carbonyl (C=O) groups excluding carboxylic acids is 2. The van der Waals surface area contributed by atoms with Gasteiger partial charge in [-0.1, -0.05) is 13.8 Å². The molecule has 0 saturated carbocycles. The SMILES string of the molecule is CC(C)C(C(=O)O)N(C)C(=O)CN(C)C(=O)OC(C)(C)C. The zero-order valence-electron chi connectivity index (χ0n) is 13.8. The van der Waals surface area contributed by atoms with Crippen molar-refractivity contribution in [1.29, 1.82) is 0 Å². The smallest absolute Gasteiger partial charge is 0.410 e. The van der Waals surface area contributed by atoms with Gasteiger partial charge in [0.2, 0.25) is 5.91 Å². The molecule has 0 radical (unpaired) electrons. The van der Waals surface area contributed by atoms with Crippen molar-refractivity contribution in [3.05, 3.63) is 0 Å². The van der Waals surface area contributed by atoms with Crippen LogP contribution >= 0.6 is 0 Å². The van der Waals surface area contributed by atoms with E-state index in [1.165, 1.54) is 14.1 Å². The number of aliphatic carboxylic acids is 1. The lowest BCUT2D eigenvalue weighted by atomic mass is 10.0. The number of carboxylic acids is 1. The van der Waals surface area contributed by atoms with Crippen LogP contribution in [-0.4, -0.2) is 65.2 Å². The van der Waals surface area contributed by atoms with E-state index in [2.05, 4.69) is 0 Å². The Kier molecular flexibility index (Phi) is 6.66. The molecule has 1 unspecified atom stereocenters. The minimum atomic E-state index is -1.07. The third-order valence-electron chi connectivity index (χ3n) is 2.77. The van der Waals surface area contributed by atoms with E-state index in [1.807, 2.05) is 0 Å². The van der Waals surface area contributed by atoms with Crippen LogP contribution in [-0.2, 0) is 14.3 Å². The summed E-state index contributed by atoms with van der Waals surface area (Å²) in [5.41, 5.74) is -0.651. The Morgan fingerprint density at radius 2 is 1.62 bits per heavy atom. The first-order chi connectivity index (χ1) is 9.36. The number of nitrogens with zero attached hydrogens (tertiary/aromatic N) is 2. The van der Waals surface area contributed by atoms with Gasteiger partial charge in [0.05, 0.1) is 0 Å². The van der Waals surface area contributed by atoms with E-state index < -0.39 is 29.6 Å². The van der Waals surface area contributed by atoms with Crippen LogP contribution in [0.1, 0.15) is 34.6 Å². The standard InChI is InChI=1S/C14H26N2O5/c1-9(2)11(12(18)19)16(7)10(17)8-15(6)13(20)21-14(3,4)5/h9,11H,8H2,1-7H3,(H,18,19). The maximum atomic E-state index is 12.1. The third kappa shape index (κ3) is 6.46. The molecule has 7 nitrogen and oxygen atoms in total. The van der Waals surface area contributed by atoms with E-state index in [-0.39, 0.29) is 12.5 Å². The highest BCUT2D eigenvalue weighted by Gasteiger charge is 2.31. The van der Waals surface area contributed by atoms with Gasteiger partial charge in [0.15, 0.2) is 0 Å². The van der Waals surface area contributed by atoms with Gasteiger partial charge in [0, 0.05) is 14.1 Å². The lowest BCUT2D eigenvalue weighted by Crippen LogP contribution is -2.49. The molecule has 0 fully saturated rings. The maximum absolute atomic E-state index is 12.1. The summed E-state index contributed by atoms with van der Waals surface area (Å²) in [5.74, 6) is -1.76. The molecule has 0 aliphatic rings. The van der Waals surface area contributed by atoms with Crippen molar-refractivity contribution < 1.29 is 24.2 Å². The second-order valence-electron chi connectivity index (χ2n) is 6.37. The van der Waals surface area contributed by atoms with Gasteiger partial charge in [-0.25, -0.2) is 9.59 Å². The fourth-order valence-corrected chi connectivity index (χ4v) is 1.77. The second kappa shape index (κ2) is 7.28. The van der Waals surface area contributed by atoms with Crippen molar-refractivity contribution in [3.8, 4) is 0 Å². The molecule has 1 atom stereocenters. The number of carboxylic acid groups (broad SMARTS) is 1. The minimum Gasteiger partial charge on any atom is -0.480 e. The average Bonchev–Trinajstić information content (AvgIpc) is 2.25. The molecular weight excluding hydrogens is 276 g/mol. The molecule has 122 valence electrons. The Balaban J connectivity index is 4.74. The summed E-state index contributed by atoms with van der Waals surface area (Å²) >= 11 is 0. The van der Waals surface area contributed by atoms with Gasteiger partial charge >= 0.3 is 12.1 Å². The van der Waals surface area contributed by atoms with Crippen molar-refractivity contribution in [1.82, 2.24) is 9.80 Å². The molecule has 0 aromatic heterocycles. The predicted octanol–water partition coefficient (Wildman–Crippen LogP) is 1.42. The number of rotatable bonds is 5. The number of amides is 2. The van der Waals surface area contributed by atoms with Crippen LogP contribution in [0.5, 0.6) is 0 Å². The third-order valence-corrected chi connectivity index (χ3v) is 2.77. The quantitative estimate of drug-likeness (QED) is 0.830. The highest BCUT2D eigenvalue weighted by atomic mass is 16.6. The van der Waals surface area contributed by atoms with E-state index in [1.54, 1.807) is 34.6 Å². The largest absolute Gasteiger partial charge is 0.480 e. The summed E-state index contributed by atoms with van der Waals surface area (Å²) < 4.78 is 5.14. The van der Waals surface area contributed by atoms with E-state index in [0.717, 1.165) is 9.80 Å². The van der Waals surface area contributed by atoms with Gasteiger partial charge in [0.1, 0.15) is 18.2 Å². The van der Waals surface area contributed by atoms with E-state index in [0.29, 0.717) is 0 Å². The van der Waals surface area contributed by atoms with Crippen LogP contribution in [0.25, 0.3) is 0 Å². The molecular formula is C14H26N2O5. The normalized spacial score (nSPS) is 12.8. The maximum Gasteiger partial charge on any atom is 0.410 e. The average molecular weight is 302 g/mol. The lowest BCUT2D eigenvalue weighted by molar-refractivity contribution is -0.151. The van der Waals surface area contributed by atoms with Gasteiger partial charge in [-0.15, -0.1) is 0 Å². The number of hydrogen-bond donors (Lipinski definition) is 1. The molecule has 0 bridgehead atoms. The van der Waals surface area contributed by atoms with Crippen LogP contribution in [0.15, 0.2) is 0 Å². The molecule has 0 saturated heterocycles. The second-order valence-corrected chi connectivity index (χ2v) is 6.37. The molecule has 0 aliphatic carbocycles. The van der Waals surface area contributed by atoms with Gasteiger partial charge in [0.25, 0.3) is 0 Å². The molecule has 0 spiro atoms. The number of likely N-dealkylation sites (N-methyl/N-ethyl adjacent to an activating group) is 2. The first-order valence-electron chi connectivity index (χ1n) is 6.79. The number of ether oxygens (including phenoxy) is 1. The van der Waals surface area contributed by atoms with Crippen LogP contribution < -0.4 is 0 Å². The summed E-state index contributed by atoms with van der Waals surface area (Å²) in [4.78, 5) is 37.3. The summed E-state index contributed by atoms with van der Waals surface area (Å²) in [7, 11) is 2.86. The zero-order chi connectivity index (χ0) is 17.0. The van der Waals surface area contributed by atoms with Gasteiger partial charge < -0.3 is 19.6 Å². The predicted molar refractivity (Wildman–Crippen MR) is 77.9 cm³/mol. The first kappa shape index (κ1) is 19.2. The lowest BCUT2D eigenvalue weighted by Gasteiger charge is -2.30. The molecule has 21 heavy (non-hydrogen) atoms.